The van der Waals surface area contributed by atoms with E-state index in [1.165, 1.54) is 57.5 Å². The fraction of sp³-hybridized carbons (Fsp3) is 0.182. The minimum absolute atomic E-state index is 0.106. The summed E-state index contributed by atoms with van der Waals surface area (Å²) < 4.78 is 0.692. The van der Waals surface area contributed by atoms with Gasteiger partial charge >= 0.3 is 35.0 Å². The number of hydrogen-bond acceptors (Lipinski definition) is 0. The molecule has 0 radical (unpaired) electrons. The van der Waals surface area contributed by atoms with Gasteiger partial charge in [-0.3, -0.25) is 0 Å². The Kier molecular flexibility index (Phi) is 22.1. The van der Waals surface area contributed by atoms with Gasteiger partial charge < -0.3 is 0 Å². The van der Waals surface area contributed by atoms with E-state index in [-0.39, 0.29) is 15.9 Å². The van der Waals surface area contributed by atoms with Crippen LogP contribution in [0, 0.1) is 0 Å². The minimum atomic E-state index is -0.106. The molecular formula is C44H50Cl2P6Pd. The van der Waals surface area contributed by atoms with Crippen LogP contribution >= 0.6 is 70.5 Å². The van der Waals surface area contributed by atoms with Gasteiger partial charge in [-0.1, -0.05) is 260 Å². The van der Waals surface area contributed by atoms with E-state index in [0.29, 0.717) is 9.28 Å². The van der Waals surface area contributed by atoms with Crippen molar-refractivity contribution in [2.75, 3.05) is 0 Å². The Morgan fingerprint density at radius 2 is 0.491 bits per heavy atom. The SMILES string of the molecule is CCCC(Pc1ccccc1)(Pc1ccccc1)Pc1ccccc1.CCCC(Pc1ccccc1)(Pc1ccccc1)Pc1ccccc1.[Cl][Pd][Cl]. The van der Waals surface area contributed by atoms with Gasteiger partial charge in [0.05, 0.1) is 0 Å². The van der Waals surface area contributed by atoms with Gasteiger partial charge in [-0.05, 0) is 44.7 Å². The summed E-state index contributed by atoms with van der Waals surface area (Å²) in [5.41, 5.74) is 0. The van der Waals surface area contributed by atoms with E-state index in [1.807, 2.05) is 0 Å². The Morgan fingerprint density at radius 3 is 0.623 bits per heavy atom. The zero-order valence-corrected chi connectivity index (χ0v) is 39.3. The normalized spacial score (nSPS) is 14.3. The number of benzene rings is 6. The van der Waals surface area contributed by atoms with E-state index in [9.17, 15) is 0 Å². The van der Waals surface area contributed by atoms with Crippen LogP contribution in [-0.4, -0.2) is 9.28 Å². The third-order valence-corrected chi connectivity index (χ3v) is 20.3. The Bertz CT molecular complexity index is 1450. The van der Waals surface area contributed by atoms with Gasteiger partial charge in [0, 0.05) is 9.28 Å². The van der Waals surface area contributed by atoms with Crippen LogP contribution in [0.3, 0.4) is 0 Å². The van der Waals surface area contributed by atoms with Crippen LogP contribution in [0.25, 0.3) is 0 Å². The van der Waals surface area contributed by atoms with Crippen LogP contribution < -0.4 is 31.8 Å². The van der Waals surface area contributed by atoms with Gasteiger partial charge in [-0.2, -0.15) is 0 Å². The van der Waals surface area contributed by atoms with Crippen LogP contribution in [0.4, 0.5) is 0 Å². The molecule has 0 aromatic heterocycles. The molecule has 0 aliphatic rings. The third kappa shape index (κ3) is 17.0. The molecular weight excluding hydrogens is 892 g/mol. The van der Waals surface area contributed by atoms with Gasteiger partial charge in [0.1, 0.15) is 0 Å². The zero-order valence-electron chi connectivity index (χ0n) is 30.2. The molecule has 0 fully saturated rings. The average Bonchev–Trinajstić information content (AvgIpc) is 3.18. The Labute approximate surface area is 346 Å². The molecule has 0 heterocycles. The van der Waals surface area contributed by atoms with Crippen molar-refractivity contribution in [3.8, 4) is 0 Å². The van der Waals surface area contributed by atoms with Crippen LogP contribution in [0.2, 0.25) is 0 Å². The second-order valence-electron chi connectivity index (χ2n) is 12.3. The molecule has 9 heteroatoms. The van der Waals surface area contributed by atoms with Crippen molar-refractivity contribution >= 4 is 102 Å². The molecule has 0 saturated heterocycles. The molecule has 0 spiro atoms. The first-order valence-electron chi connectivity index (χ1n) is 17.8. The van der Waals surface area contributed by atoms with Gasteiger partial charge in [-0.15, -0.1) is 0 Å². The first-order valence-corrected chi connectivity index (χ1v) is 27.8. The molecule has 6 unspecified atom stereocenters. The predicted octanol–water partition coefficient (Wildman–Crippen LogP) is 12.3. The summed E-state index contributed by atoms with van der Waals surface area (Å²) in [6.45, 7) is 4.66. The molecule has 0 aliphatic heterocycles. The number of rotatable bonds is 16. The molecule has 0 amide bonds. The van der Waals surface area contributed by atoms with Crippen LogP contribution in [0.15, 0.2) is 182 Å². The number of hydrogen-bond donors (Lipinski definition) is 0. The van der Waals surface area contributed by atoms with Crippen LogP contribution in [-0.2, 0) is 15.9 Å². The van der Waals surface area contributed by atoms with Gasteiger partial charge in [0.25, 0.3) is 0 Å². The first-order chi connectivity index (χ1) is 26.0. The second-order valence-corrected chi connectivity index (χ2v) is 27.7. The summed E-state index contributed by atoms with van der Waals surface area (Å²) in [5.74, 6) is 0. The topological polar surface area (TPSA) is 0 Å². The fourth-order valence-corrected chi connectivity index (χ4v) is 20.0. The molecule has 0 nitrogen and oxygen atoms in total. The van der Waals surface area contributed by atoms with Crippen molar-refractivity contribution < 1.29 is 15.9 Å². The average molecular weight is 942 g/mol. The van der Waals surface area contributed by atoms with E-state index in [2.05, 4.69) is 196 Å². The Morgan fingerprint density at radius 1 is 0.340 bits per heavy atom. The second kappa shape index (κ2) is 26.1. The molecule has 0 saturated carbocycles. The van der Waals surface area contributed by atoms with E-state index < -0.39 is 0 Å². The molecule has 6 aromatic carbocycles. The number of halogens is 2. The molecule has 0 bridgehead atoms. The monoisotopic (exact) mass is 940 g/mol. The van der Waals surface area contributed by atoms with E-state index >= 15 is 0 Å². The maximum absolute atomic E-state index is 4.81. The first kappa shape index (κ1) is 44.9. The summed E-state index contributed by atoms with van der Waals surface area (Å²) in [5, 5.41) is 8.93. The van der Waals surface area contributed by atoms with Crippen LogP contribution in [0.1, 0.15) is 39.5 Å². The summed E-state index contributed by atoms with van der Waals surface area (Å²) in [7, 11) is 14.7. The van der Waals surface area contributed by atoms with Crippen molar-refractivity contribution in [1.82, 2.24) is 0 Å². The summed E-state index contributed by atoms with van der Waals surface area (Å²) >= 11 is -0.106. The van der Waals surface area contributed by atoms with E-state index in [0.717, 1.165) is 51.5 Å². The van der Waals surface area contributed by atoms with Crippen molar-refractivity contribution in [2.45, 2.75) is 48.8 Å². The van der Waals surface area contributed by atoms with Crippen molar-refractivity contribution in [3.63, 3.8) is 0 Å². The standard InChI is InChI=1S/2C22H25P3.2ClH.Pd/c2*1-2-18-22(23-19-12-6-3-7-13-19,24-20-14-8-4-9-15-20)25-21-16-10-5-11-17-21;;;/h2*3-17,23-25H,2,18H2,1H3;2*1H;/q;;;;+2/p-2. The zero-order chi connectivity index (χ0) is 37.5. The van der Waals surface area contributed by atoms with E-state index in [4.69, 9.17) is 19.1 Å². The Balaban J connectivity index is 0.000000220. The summed E-state index contributed by atoms with van der Waals surface area (Å²) in [6, 6.07) is 66.4. The third-order valence-electron chi connectivity index (χ3n) is 8.04. The fourth-order valence-electron chi connectivity index (χ4n) is 5.92. The van der Waals surface area contributed by atoms with Crippen molar-refractivity contribution in [2.24, 2.45) is 0 Å². The predicted molar refractivity (Wildman–Crippen MR) is 253 cm³/mol. The van der Waals surface area contributed by atoms with Crippen LogP contribution in [0.5, 0.6) is 0 Å². The molecule has 6 atom stereocenters. The molecule has 0 aliphatic carbocycles. The Hall–Kier alpha value is -0.858. The van der Waals surface area contributed by atoms with Gasteiger partial charge in [0.2, 0.25) is 0 Å². The molecule has 6 rings (SSSR count). The molecule has 0 N–H and O–H groups in total. The molecule has 6 aromatic rings. The van der Waals surface area contributed by atoms with Gasteiger partial charge in [0.15, 0.2) is 0 Å². The quantitative estimate of drug-likeness (QED) is 0.0670. The maximum atomic E-state index is 4.81. The molecule has 280 valence electrons. The summed E-state index contributed by atoms with van der Waals surface area (Å²) in [4.78, 5) is 0. The van der Waals surface area contributed by atoms with Gasteiger partial charge in [-0.25, -0.2) is 0 Å². The summed E-state index contributed by atoms with van der Waals surface area (Å²) in [6.07, 6.45) is 5.03. The van der Waals surface area contributed by atoms with Crippen molar-refractivity contribution in [1.29, 1.82) is 0 Å². The van der Waals surface area contributed by atoms with Crippen molar-refractivity contribution in [3.05, 3.63) is 182 Å². The van der Waals surface area contributed by atoms with E-state index in [1.54, 1.807) is 0 Å². The molecule has 53 heavy (non-hydrogen) atoms.